The second kappa shape index (κ2) is 2.72. The Morgan fingerprint density at radius 3 is 2.50 bits per heavy atom. The van der Waals surface area contributed by atoms with Gasteiger partial charge in [-0.2, -0.15) is 0 Å². The molecule has 0 saturated carbocycles. The molecule has 0 aliphatic heterocycles. The molecule has 0 fully saturated rings. The Hall–Kier alpha value is -0.350. The first-order chi connectivity index (χ1) is 4.66. The molecule has 1 heterocycles. The highest BCUT2D eigenvalue weighted by molar-refractivity contribution is 7.73. The molecule has 0 aliphatic rings. The van der Waals surface area contributed by atoms with Gasteiger partial charge in [0.15, 0.2) is 9.02 Å². The Bertz CT molecular complexity index is 286. The zero-order chi connectivity index (χ0) is 7.72. The van der Waals surface area contributed by atoms with Gasteiger partial charge in [-0.3, -0.25) is 0 Å². The minimum atomic E-state index is 0.340. The van der Waals surface area contributed by atoms with Gasteiger partial charge in [0.2, 0.25) is 0 Å². The average molecular weight is 175 g/mol. The van der Waals surface area contributed by atoms with Crippen molar-refractivity contribution in [3.8, 4) is 5.06 Å². The van der Waals surface area contributed by atoms with Gasteiger partial charge in [0.1, 0.15) is 0 Å². The molecule has 1 aromatic rings. The van der Waals surface area contributed by atoms with Gasteiger partial charge in [0, 0.05) is 6.54 Å². The van der Waals surface area contributed by atoms with E-state index in [1.165, 1.54) is 11.3 Å². The number of hydrogen-bond acceptors (Lipinski definition) is 3. The first-order valence-corrected chi connectivity index (χ1v) is 4.28. The molecule has 1 N–H and O–H groups in total. The van der Waals surface area contributed by atoms with E-state index in [9.17, 15) is 5.11 Å². The molecule has 4 heteroatoms. The molecule has 0 saturated heterocycles. The first-order valence-electron chi connectivity index (χ1n) is 3.06. The summed E-state index contributed by atoms with van der Waals surface area (Å²) >= 11 is 6.23. The highest BCUT2D eigenvalue weighted by atomic mass is 32.1. The fourth-order valence-electron chi connectivity index (χ4n) is 0.830. The van der Waals surface area contributed by atoms with E-state index < -0.39 is 0 Å². The second-order valence-corrected chi connectivity index (χ2v) is 3.63. The molecule has 10 heavy (non-hydrogen) atoms. The van der Waals surface area contributed by atoms with Crippen molar-refractivity contribution in [1.82, 2.24) is 4.57 Å². The molecular weight excluding hydrogens is 166 g/mol. The average Bonchev–Trinajstić information content (AvgIpc) is 2.09. The fourth-order valence-corrected chi connectivity index (χ4v) is 2.13. The lowest BCUT2D eigenvalue weighted by Gasteiger charge is -1.97. The number of thiazole rings is 1. The van der Waals surface area contributed by atoms with Gasteiger partial charge in [-0.05, 0) is 26.1 Å². The predicted molar refractivity (Wildman–Crippen MR) is 45.2 cm³/mol. The zero-order valence-corrected chi connectivity index (χ0v) is 7.55. The third kappa shape index (κ3) is 1.09. The lowest BCUT2D eigenvalue weighted by molar-refractivity contribution is 0.479. The standard InChI is InChI=1S/C6H9NOS2/c1-3-7-4(2)5(8)10-6(7)9/h8H,3H2,1-2H3. The second-order valence-electron chi connectivity index (χ2n) is 2.00. The van der Waals surface area contributed by atoms with E-state index in [0.717, 1.165) is 16.2 Å². The summed E-state index contributed by atoms with van der Waals surface area (Å²) in [5.41, 5.74) is 0.873. The fraction of sp³-hybridized carbons (Fsp3) is 0.500. The summed E-state index contributed by atoms with van der Waals surface area (Å²) in [4.78, 5) is 0. The number of aromatic nitrogens is 1. The van der Waals surface area contributed by atoms with E-state index in [0.29, 0.717) is 5.06 Å². The third-order valence-electron chi connectivity index (χ3n) is 1.43. The monoisotopic (exact) mass is 175 g/mol. The zero-order valence-electron chi connectivity index (χ0n) is 5.92. The van der Waals surface area contributed by atoms with Crippen LogP contribution >= 0.6 is 23.6 Å². The summed E-state index contributed by atoms with van der Waals surface area (Å²) in [6.07, 6.45) is 0. The van der Waals surface area contributed by atoms with E-state index in [1.54, 1.807) is 0 Å². The Kier molecular flexibility index (Phi) is 2.11. The van der Waals surface area contributed by atoms with Crippen molar-refractivity contribution in [1.29, 1.82) is 0 Å². The minimum Gasteiger partial charge on any atom is -0.498 e. The first kappa shape index (κ1) is 7.75. The molecule has 0 atom stereocenters. The van der Waals surface area contributed by atoms with Crippen molar-refractivity contribution in [2.45, 2.75) is 20.4 Å². The van der Waals surface area contributed by atoms with Gasteiger partial charge in [-0.15, -0.1) is 0 Å². The normalized spacial score (nSPS) is 10.2. The molecule has 0 spiro atoms. The van der Waals surface area contributed by atoms with Crippen molar-refractivity contribution in [2.75, 3.05) is 0 Å². The van der Waals surface area contributed by atoms with Crippen LogP contribution in [0.5, 0.6) is 5.06 Å². The highest BCUT2D eigenvalue weighted by Crippen LogP contribution is 2.24. The molecule has 1 aromatic heterocycles. The quantitative estimate of drug-likeness (QED) is 0.663. The summed E-state index contributed by atoms with van der Waals surface area (Å²) in [6.45, 7) is 4.71. The SMILES string of the molecule is CCn1c(C)c(O)sc1=S. The number of nitrogens with zero attached hydrogens (tertiary/aromatic N) is 1. The molecule has 0 bridgehead atoms. The van der Waals surface area contributed by atoms with Crippen LogP contribution in [0.4, 0.5) is 0 Å². The van der Waals surface area contributed by atoms with Crippen LogP contribution in [-0.4, -0.2) is 9.67 Å². The van der Waals surface area contributed by atoms with Crippen LogP contribution < -0.4 is 0 Å². The third-order valence-corrected chi connectivity index (χ3v) is 2.79. The highest BCUT2D eigenvalue weighted by Gasteiger charge is 2.03. The van der Waals surface area contributed by atoms with Crippen LogP contribution in [0.1, 0.15) is 12.6 Å². The number of aromatic hydroxyl groups is 1. The van der Waals surface area contributed by atoms with Crippen LogP contribution in [0.2, 0.25) is 0 Å². The number of hydrogen-bond donors (Lipinski definition) is 1. The van der Waals surface area contributed by atoms with E-state index in [2.05, 4.69) is 0 Å². The maximum absolute atomic E-state index is 9.18. The molecule has 56 valence electrons. The van der Waals surface area contributed by atoms with Gasteiger partial charge in [-0.1, -0.05) is 11.3 Å². The summed E-state index contributed by atoms with van der Waals surface area (Å²) in [6, 6.07) is 0. The minimum absolute atomic E-state index is 0.340. The lowest BCUT2D eigenvalue weighted by Crippen LogP contribution is -1.94. The van der Waals surface area contributed by atoms with Crippen molar-refractivity contribution in [2.24, 2.45) is 0 Å². The predicted octanol–water partition coefficient (Wildman–Crippen LogP) is 2.31. The van der Waals surface area contributed by atoms with E-state index in [-0.39, 0.29) is 0 Å². The van der Waals surface area contributed by atoms with Gasteiger partial charge >= 0.3 is 0 Å². The van der Waals surface area contributed by atoms with E-state index in [4.69, 9.17) is 12.2 Å². The van der Waals surface area contributed by atoms with Crippen molar-refractivity contribution in [3.63, 3.8) is 0 Å². The van der Waals surface area contributed by atoms with Crippen LogP contribution in [0.15, 0.2) is 0 Å². The summed E-state index contributed by atoms with van der Waals surface area (Å²) in [7, 11) is 0. The van der Waals surface area contributed by atoms with Gasteiger partial charge < -0.3 is 9.67 Å². The number of rotatable bonds is 1. The van der Waals surface area contributed by atoms with Gasteiger partial charge in [0.25, 0.3) is 0 Å². The Balaban J connectivity index is 3.34. The maximum atomic E-state index is 9.18. The smallest absolute Gasteiger partial charge is 0.193 e. The molecule has 0 aliphatic carbocycles. The molecular formula is C6H9NOS2. The van der Waals surface area contributed by atoms with Crippen LogP contribution in [-0.2, 0) is 6.54 Å². The Morgan fingerprint density at radius 1 is 1.70 bits per heavy atom. The topological polar surface area (TPSA) is 25.2 Å². The lowest BCUT2D eigenvalue weighted by atomic mass is 10.5. The molecule has 2 nitrogen and oxygen atoms in total. The van der Waals surface area contributed by atoms with Crippen LogP contribution in [0, 0.1) is 10.9 Å². The summed E-state index contributed by atoms with van der Waals surface area (Å²) < 4.78 is 2.66. The van der Waals surface area contributed by atoms with Crippen LogP contribution in [0.25, 0.3) is 0 Å². The molecule has 0 amide bonds. The van der Waals surface area contributed by atoms with Crippen molar-refractivity contribution < 1.29 is 5.11 Å². The van der Waals surface area contributed by atoms with E-state index >= 15 is 0 Å². The van der Waals surface area contributed by atoms with E-state index in [1.807, 2.05) is 18.4 Å². The molecule has 0 radical (unpaired) electrons. The maximum Gasteiger partial charge on any atom is 0.193 e. The van der Waals surface area contributed by atoms with Crippen LogP contribution in [0.3, 0.4) is 0 Å². The van der Waals surface area contributed by atoms with Gasteiger partial charge in [0.05, 0.1) is 5.69 Å². The summed E-state index contributed by atoms with van der Waals surface area (Å²) in [5.74, 6) is 0. The molecule has 1 rings (SSSR count). The molecule has 0 unspecified atom stereocenters. The van der Waals surface area contributed by atoms with Crippen molar-refractivity contribution in [3.05, 3.63) is 9.65 Å². The molecule has 0 aromatic carbocycles. The Labute approximate surface area is 68.7 Å². The van der Waals surface area contributed by atoms with Gasteiger partial charge in [-0.25, -0.2) is 0 Å². The largest absolute Gasteiger partial charge is 0.498 e. The Morgan fingerprint density at radius 2 is 2.30 bits per heavy atom. The summed E-state index contributed by atoms with van der Waals surface area (Å²) in [5, 5.41) is 9.52. The van der Waals surface area contributed by atoms with Crippen molar-refractivity contribution >= 4 is 23.6 Å².